The van der Waals surface area contributed by atoms with Crippen LogP contribution in [0.25, 0.3) is 0 Å². The van der Waals surface area contributed by atoms with Gasteiger partial charge in [0.05, 0.1) is 17.7 Å². The number of hydrogen-bond acceptors (Lipinski definition) is 6. The summed E-state index contributed by atoms with van der Waals surface area (Å²) in [7, 11) is 1.21. The number of hydrogen-bond donors (Lipinski definition) is 1. The van der Waals surface area contributed by atoms with Crippen molar-refractivity contribution >= 4 is 23.5 Å². The van der Waals surface area contributed by atoms with Gasteiger partial charge in [0, 0.05) is 24.4 Å². The van der Waals surface area contributed by atoms with E-state index in [2.05, 4.69) is 4.98 Å². The molecule has 0 amide bonds. The highest BCUT2D eigenvalue weighted by Crippen LogP contribution is 2.38. The number of rotatable bonds is 6. The standard InChI is InChI=1S/C18H20F3NO4S/c1-3-10(9-27-15-5-4-11(8-22-15)18(19,20)21)13-6-12(23)7-14(24)16(13)17(25)26-2/h4-5,7-8,10,13,16,24H,3,6,9H2,1-2H3. The van der Waals surface area contributed by atoms with E-state index in [4.69, 9.17) is 4.74 Å². The Hall–Kier alpha value is -2.03. The van der Waals surface area contributed by atoms with Crippen LogP contribution in [0.5, 0.6) is 0 Å². The lowest BCUT2D eigenvalue weighted by molar-refractivity contribution is -0.148. The quantitative estimate of drug-likeness (QED) is 0.571. The first kappa shape index (κ1) is 21.3. The Balaban J connectivity index is 2.12. The first-order chi connectivity index (χ1) is 12.7. The summed E-state index contributed by atoms with van der Waals surface area (Å²) in [5.74, 6) is -2.25. The van der Waals surface area contributed by atoms with E-state index in [0.717, 1.165) is 18.3 Å². The van der Waals surface area contributed by atoms with Crippen LogP contribution in [0.2, 0.25) is 0 Å². The lowest BCUT2D eigenvalue weighted by Gasteiger charge is -2.33. The minimum absolute atomic E-state index is 0.101. The molecule has 0 saturated carbocycles. The van der Waals surface area contributed by atoms with Crippen molar-refractivity contribution in [1.29, 1.82) is 0 Å². The number of aliphatic hydroxyl groups is 1. The highest BCUT2D eigenvalue weighted by atomic mass is 32.2. The van der Waals surface area contributed by atoms with Gasteiger partial charge in [-0.3, -0.25) is 9.59 Å². The summed E-state index contributed by atoms with van der Waals surface area (Å²) in [4.78, 5) is 27.7. The van der Waals surface area contributed by atoms with Crippen molar-refractivity contribution in [3.8, 4) is 0 Å². The number of ether oxygens (including phenoxy) is 1. The van der Waals surface area contributed by atoms with Crippen molar-refractivity contribution in [2.24, 2.45) is 17.8 Å². The van der Waals surface area contributed by atoms with E-state index in [9.17, 15) is 27.9 Å². The maximum Gasteiger partial charge on any atom is 0.417 e. The molecule has 5 nitrogen and oxygen atoms in total. The second-order valence-corrected chi connectivity index (χ2v) is 7.31. The number of ketones is 1. The zero-order valence-electron chi connectivity index (χ0n) is 14.8. The zero-order chi connectivity index (χ0) is 20.2. The number of allylic oxidation sites excluding steroid dienone is 1. The molecule has 1 aliphatic carbocycles. The first-order valence-electron chi connectivity index (χ1n) is 8.34. The summed E-state index contributed by atoms with van der Waals surface area (Å²) in [5, 5.41) is 10.5. The van der Waals surface area contributed by atoms with E-state index in [1.165, 1.54) is 24.9 Å². The number of carbonyl (C=O) groups is 2. The number of aromatic nitrogens is 1. The van der Waals surface area contributed by atoms with Crippen LogP contribution < -0.4 is 0 Å². The third-order valence-electron chi connectivity index (χ3n) is 4.59. The number of carbonyl (C=O) groups excluding carboxylic acids is 2. The molecule has 27 heavy (non-hydrogen) atoms. The maximum absolute atomic E-state index is 12.6. The third-order valence-corrected chi connectivity index (χ3v) is 5.72. The van der Waals surface area contributed by atoms with Crippen molar-refractivity contribution < 1.29 is 32.6 Å². The van der Waals surface area contributed by atoms with Gasteiger partial charge in [-0.05, 0) is 24.0 Å². The summed E-state index contributed by atoms with van der Waals surface area (Å²) >= 11 is 1.25. The molecule has 0 aromatic carbocycles. The monoisotopic (exact) mass is 403 g/mol. The molecule has 1 N–H and O–H groups in total. The SMILES string of the molecule is CCC(CSc1ccc(C(F)(F)F)cn1)C1CC(=O)C=C(O)C1C(=O)OC. The number of esters is 1. The molecule has 1 aliphatic rings. The maximum atomic E-state index is 12.6. The normalized spacial score (nSPS) is 21.5. The Bertz CT molecular complexity index is 718. The van der Waals surface area contributed by atoms with Gasteiger partial charge in [-0.15, -0.1) is 11.8 Å². The topological polar surface area (TPSA) is 76.5 Å². The Morgan fingerprint density at radius 1 is 1.44 bits per heavy atom. The summed E-state index contributed by atoms with van der Waals surface area (Å²) in [6.45, 7) is 1.89. The molecule has 0 bridgehead atoms. The first-order valence-corrected chi connectivity index (χ1v) is 9.33. The van der Waals surface area contributed by atoms with Gasteiger partial charge in [0.2, 0.25) is 0 Å². The Kier molecular flexibility index (Phi) is 6.91. The van der Waals surface area contributed by atoms with E-state index in [1.54, 1.807) is 0 Å². The Morgan fingerprint density at radius 3 is 2.67 bits per heavy atom. The average molecular weight is 403 g/mol. The lowest BCUT2D eigenvalue weighted by atomic mass is 9.74. The molecule has 2 rings (SSSR count). The Morgan fingerprint density at radius 2 is 2.15 bits per heavy atom. The minimum atomic E-state index is -4.44. The van der Waals surface area contributed by atoms with Crippen molar-refractivity contribution in [3.05, 3.63) is 35.7 Å². The third kappa shape index (κ3) is 5.24. The van der Waals surface area contributed by atoms with Gasteiger partial charge in [0.25, 0.3) is 0 Å². The molecule has 1 heterocycles. The molecule has 0 aliphatic heterocycles. The van der Waals surface area contributed by atoms with Gasteiger partial charge in [-0.25, -0.2) is 4.98 Å². The fraction of sp³-hybridized carbons (Fsp3) is 0.500. The van der Waals surface area contributed by atoms with Crippen LogP contribution in [0.1, 0.15) is 25.3 Å². The van der Waals surface area contributed by atoms with E-state index < -0.39 is 29.5 Å². The molecule has 0 radical (unpaired) electrons. The highest BCUT2D eigenvalue weighted by molar-refractivity contribution is 7.99. The van der Waals surface area contributed by atoms with Gasteiger partial charge in [0.1, 0.15) is 11.7 Å². The highest BCUT2D eigenvalue weighted by Gasteiger charge is 2.41. The smallest absolute Gasteiger partial charge is 0.417 e. The number of pyridine rings is 1. The second-order valence-electron chi connectivity index (χ2n) is 6.27. The van der Waals surface area contributed by atoms with E-state index >= 15 is 0 Å². The van der Waals surface area contributed by atoms with Crippen LogP contribution in [-0.4, -0.2) is 34.7 Å². The predicted octanol–water partition coefficient (Wildman–Crippen LogP) is 4.04. The largest absolute Gasteiger partial charge is 0.511 e. The lowest BCUT2D eigenvalue weighted by Crippen LogP contribution is -2.37. The zero-order valence-corrected chi connectivity index (χ0v) is 15.6. The molecule has 148 valence electrons. The van der Waals surface area contributed by atoms with Crippen LogP contribution in [0.3, 0.4) is 0 Å². The fourth-order valence-corrected chi connectivity index (χ4v) is 4.27. The van der Waals surface area contributed by atoms with Crippen molar-refractivity contribution in [2.75, 3.05) is 12.9 Å². The average Bonchev–Trinajstić information content (AvgIpc) is 2.61. The number of methoxy groups -OCH3 is 1. The van der Waals surface area contributed by atoms with E-state index in [0.29, 0.717) is 17.2 Å². The molecule has 0 spiro atoms. The van der Waals surface area contributed by atoms with E-state index in [1.807, 2.05) is 6.92 Å². The van der Waals surface area contributed by atoms with Crippen LogP contribution in [-0.2, 0) is 20.5 Å². The number of aliphatic hydroxyl groups excluding tert-OH is 1. The van der Waals surface area contributed by atoms with Crippen LogP contribution in [0, 0.1) is 17.8 Å². The van der Waals surface area contributed by atoms with Gasteiger partial charge in [0.15, 0.2) is 5.78 Å². The molecular weight excluding hydrogens is 383 g/mol. The molecule has 3 unspecified atom stereocenters. The van der Waals surface area contributed by atoms with Crippen LogP contribution in [0.4, 0.5) is 13.2 Å². The summed E-state index contributed by atoms with van der Waals surface area (Å²) in [6.07, 6.45) is -1.90. The van der Waals surface area contributed by atoms with Crippen LogP contribution in [0.15, 0.2) is 35.2 Å². The molecule has 1 aromatic heterocycles. The van der Waals surface area contributed by atoms with Gasteiger partial charge in [-0.1, -0.05) is 13.3 Å². The summed E-state index contributed by atoms with van der Waals surface area (Å²) in [5.41, 5.74) is -0.822. The Labute approximate surface area is 159 Å². The number of thioether (sulfide) groups is 1. The number of nitrogens with zero attached hydrogens (tertiary/aromatic N) is 1. The van der Waals surface area contributed by atoms with Crippen molar-refractivity contribution in [1.82, 2.24) is 4.98 Å². The molecule has 0 fully saturated rings. The molecule has 0 saturated heterocycles. The minimum Gasteiger partial charge on any atom is -0.511 e. The van der Waals surface area contributed by atoms with Crippen molar-refractivity contribution in [3.63, 3.8) is 0 Å². The van der Waals surface area contributed by atoms with E-state index in [-0.39, 0.29) is 23.9 Å². The van der Waals surface area contributed by atoms with Crippen LogP contribution >= 0.6 is 11.8 Å². The second kappa shape index (κ2) is 8.77. The van der Waals surface area contributed by atoms with Gasteiger partial charge in [-0.2, -0.15) is 13.2 Å². The molecule has 3 atom stereocenters. The van der Waals surface area contributed by atoms with Gasteiger partial charge >= 0.3 is 12.1 Å². The molecule has 9 heteroatoms. The van der Waals surface area contributed by atoms with Gasteiger partial charge < -0.3 is 9.84 Å². The van der Waals surface area contributed by atoms with Crippen molar-refractivity contribution in [2.45, 2.75) is 31.0 Å². The predicted molar refractivity (Wildman–Crippen MR) is 93.1 cm³/mol. The number of alkyl halides is 3. The fourth-order valence-electron chi connectivity index (χ4n) is 3.11. The molecule has 1 aromatic rings. The summed E-state index contributed by atoms with van der Waals surface area (Å²) in [6, 6.07) is 2.26. The number of halogens is 3. The molecular formula is C18H20F3NO4S. The summed E-state index contributed by atoms with van der Waals surface area (Å²) < 4.78 is 42.6.